The highest BCUT2D eigenvalue weighted by Gasteiger charge is 2.53. The number of ether oxygens (including phenoxy) is 2. The van der Waals surface area contributed by atoms with E-state index in [0.29, 0.717) is 6.61 Å². The highest BCUT2D eigenvalue weighted by atomic mass is 16.6. The van der Waals surface area contributed by atoms with Crippen LogP contribution in [0, 0.1) is 0 Å². The third-order valence-corrected chi connectivity index (χ3v) is 4.89. The number of unbranched alkanes of at least 4 members (excludes halogenated alkanes) is 12. The fourth-order valence-electron chi connectivity index (χ4n) is 3.20. The Labute approximate surface area is 149 Å². The van der Waals surface area contributed by atoms with Gasteiger partial charge in [-0.25, -0.2) is 4.79 Å². The van der Waals surface area contributed by atoms with Crippen molar-refractivity contribution in [2.24, 2.45) is 0 Å². The van der Waals surface area contributed by atoms with Crippen LogP contribution in [-0.2, 0) is 14.3 Å². The number of hydrogen-bond acceptors (Lipinski definition) is 3. The first-order valence-corrected chi connectivity index (χ1v) is 10.5. The summed E-state index contributed by atoms with van der Waals surface area (Å²) < 4.78 is 10.7. The van der Waals surface area contributed by atoms with Gasteiger partial charge in [0.25, 0.3) is 0 Å². The molecule has 0 aromatic carbocycles. The van der Waals surface area contributed by atoms with Gasteiger partial charge < -0.3 is 9.47 Å². The zero-order valence-electron chi connectivity index (χ0n) is 16.4. The number of rotatable bonds is 16. The van der Waals surface area contributed by atoms with E-state index >= 15 is 0 Å². The molecule has 0 aromatic rings. The van der Waals surface area contributed by atoms with Crippen molar-refractivity contribution in [2.45, 2.75) is 122 Å². The van der Waals surface area contributed by atoms with Gasteiger partial charge in [0.1, 0.15) is 0 Å². The zero-order chi connectivity index (χ0) is 17.7. The van der Waals surface area contributed by atoms with Gasteiger partial charge in [0.2, 0.25) is 0 Å². The van der Waals surface area contributed by atoms with E-state index < -0.39 is 5.60 Å². The molecule has 0 spiro atoms. The Bertz CT molecular complexity index is 321. The van der Waals surface area contributed by atoms with Gasteiger partial charge in [0.05, 0.1) is 12.7 Å². The van der Waals surface area contributed by atoms with Crippen molar-refractivity contribution in [3.05, 3.63) is 0 Å². The first kappa shape index (κ1) is 21.5. The van der Waals surface area contributed by atoms with Crippen molar-refractivity contribution in [1.29, 1.82) is 0 Å². The van der Waals surface area contributed by atoms with Crippen molar-refractivity contribution in [3.8, 4) is 0 Å². The molecule has 3 heteroatoms. The molecule has 0 saturated carbocycles. The maximum absolute atomic E-state index is 11.9. The molecule has 1 atom stereocenters. The minimum absolute atomic E-state index is 0.0507. The van der Waals surface area contributed by atoms with Crippen LogP contribution in [0.1, 0.15) is 111 Å². The smallest absolute Gasteiger partial charge is 0.341 e. The molecule has 0 aromatic heterocycles. The van der Waals surface area contributed by atoms with Gasteiger partial charge in [-0.3, -0.25) is 0 Å². The normalized spacial score (nSPS) is 19.7. The Kier molecular flexibility index (Phi) is 11.4. The molecular weight excluding hydrogens is 300 g/mol. The van der Waals surface area contributed by atoms with Gasteiger partial charge in [-0.2, -0.15) is 0 Å². The average Bonchev–Trinajstić information content (AvgIpc) is 3.32. The molecule has 1 fully saturated rings. The summed E-state index contributed by atoms with van der Waals surface area (Å²) >= 11 is 0. The van der Waals surface area contributed by atoms with E-state index in [1.165, 1.54) is 77.0 Å². The maximum atomic E-state index is 11.9. The molecule has 1 heterocycles. The molecule has 3 nitrogen and oxygen atoms in total. The Morgan fingerprint density at radius 3 is 1.67 bits per heavy atom. The second-order valence-electron chi connectivity index (χ2n) is 7.73. The molecule has 1 unspecified atom stereocenters. The summed E-state index contributed by atoms with van der Waals surface area (Å²) in [5, 5.41) is 0. The van der Waals surface area contributed by atoms with E-state index in [9.17, 15) is 4.79 Å². The molecule has 0 bridgehead atoms. The van der Waals surface area contributed by atoms with E-state index in [4.69, 9.17) is 9.47 Å². The van der Waals surface area contributed by atoms with Crippen LogP contribution in [0.2, 0.25) is 0 Å². The zero-order valence-corrected chi connectivity index (χ0v) is 16.4. The first-order chi connectivity index (χ1) is 11.6. The van der Waals surface area contributed by atoms with Crippen molar-refractivity contribution >= 4 is 5.97 Å². The third-order valence-electron chi connectivity index (χ3n) is 4.89. The van der Waals surface area contributed by atoms with Crippen LogP contribution in [0.5, 0.6) is 0 Å². The Hall–Kier alpha value is -0.570. The van der Waals surface area contributed by atoms with E-state index in [2.05, 4.69) is 6.92 Å². The van der Waals surface area contributed by atoms with Crippen LogP contribution in [0.15, 0.2) is 0 Å². The summed E-state index contributed by atoms with van der Waals surface area (Å²) in [5.74, 6) is -0.156. The Morgan fingerprint density at radius 2 is 1.29 bits per heavy atom. The van der Waals surface area contributed by atoms with Crippen molar-refractivity contribution < 1.29 is 14.3 Å². The number of carbonyl (C=O) groups is 1. The lowest BCUT2D eigenvalue weighted by Crippen LogP contribution is -2.29. The van der Waals surface area contributed by atoms with E-state index in [-0.39, 0.29) is 12.1 Å². The second kappa shape index (κ2) is 12.7. The van der Waals surface area contributed by atoms with Crippen LogP contribution < -0.4 is 0 Å². The van der Waals surface area contributed by atoms with Crippen LogP contribution in [-0.4, -0.2) is 24.3 Å². The van der Waals surface area contributed by atoms with Crippen LogP contribution in [0.25, 0.3) is 0 Å². The predicted molar refractivity (Wildman–Crippen MR) is 100 cm³/mol. The standard InChI is InChI=1S/C21H40O3/c1-4-5-6-7-8-9-10-11-12-13-14-15-16-17-21(18-23-21)20(22)24-19(2)3/h19H,4-18H2,1-3H3. The third kappa shape index (κ3) is 9.66. The van der Waals surface area contributed by atoms with Gasteiger partial charge in [-0.15, -0.1) is 0 Å². The van der Waals surface area contributed by atoms with Crippen molar-refractivity contribution in [3.63, 3.8) is 0 Å². The van der Waals surface area contributed by atoms with Gasteiger partial charge in [-0.05, 0) is 26.7 Å². The second-order valence-corrected chi connectivity index (χ2v) is 7.73. The predicted octanol–water partition coefficient (Wildman–Crippen LogP) is 6.19. The molecule has 0 aliphatic carbocycles. The quantitative estimate of drug-likeness (QED) is 0.191. The topological polar surface area (TPSA) is 38.8 Å². The monoisotopic (exact) mass is 340 g/mol. The van der Waals surface area contributed by atoms with Crippen LogP contribution >= 0.6 is 0 Å². The van der Waals surface area contributed by atoms with Crippen LogP contribution in [0.3, 0.4) is 0 Å². The van der Waals surface area contributed by atoms with E-state index in [0.717, 1.165) is 12.8 Å². The summed E-state index contributed by atoms with van der Waals surface area (Å²) in [5.41, 5.74) is -0.581. The van der Waals surface area contributed by atoms with E-state index in [1.54, 1.807) is 0 Å². The summed E-state index contributed by atoms with van der Waals surface area (Å²) in [7, 11) is 0. The van der Waals surface area contributed by atoms with Crippen LogP contribution in [0.4, 0.5) is 0 Å². The minimum atomic E-state index is -0.581. The number of hydrogen-bond donors (Lipinski definition) is 0. The van der Waals surface area contributed by atoms with Crippen molar-refractivity contribution in [2.75, 3.05) is 6.61 Å². The van der Waals surface area contributed by atoms with Crippen molar-refractivity contribution in [1.82, 2.24) is 0 Å². The number of carbonyl (C=O) groups excluding carboxylic acids is 1. The minimum Gasteiger partial charge on any atom is -0.461 e. The molecular formula is C21H40O3. The molecule has 142 valence electrons. The SMILES string of the molecule is CCCCCCCCCCCCCCCC1(C(=O)OC(C)C)CO1. The lowest BCUT2D eigenvalue weighted by Gasteiger charge is -2.13. The summed E-state index contributed by atoms with van der Waals surface area (Å²) in [6.45, 7) is 6.60. The molecule has 1 rings (SSSR count). The highest BCUT2D eigenvalue weighted by Crippen LogP contribution is 2.34. The Morgan fingerprint density at radius 1 is 0.875 bits per heavy atom. The summed E-state index contributed by atoms with van der Waals surface area (Å²) in [6, 6.07) is 0. The van der Waals surface area contributed by atoms with Gasteiger partial charge in [0.15, 0.2) is 5.60 Å². The molecule has 1 aliphatic heterocycles. The summed E-state index contributed by atoms with van der Waals surface area (Å²) in [4.78, 5) is 11.9. The molecule has 0 radical (unpaired) electrons. The van der Waals surface area contributed by atoms with E-state index in [1.807, 2.05) is 13.8 Å². The van der Waals surface area contributed by atoms with Gasteiger partial charge in [0, 0.05) is 0 Å². The fourth-order valence-corrected chi connectivity index (χ4v) is 3.20. The molecule has 1 aliphatic rings. The molecule has 0 amide bonds. The number of esters is 1. The molecule has 24 heavy (non-hydrogen) atoms. The van der Waals surface area contributed by atoms with Gasteiger partial charge in [-0.1, -0.05) is 84.0 Å². The molecule has 1 saturated heterocycles. The van der Waals surface area contributed by atoms with Gasteiger partial charge >= 0.3 is 5.97 Å². The summed E-state index contributed by atoms with van der Waals surface area (Å²) in [6.07, 6.45) is 18.3. The highest BCUT2D eigenvalue weighted by molar-refractivity contribution is 5.82. The first-order valence-electron chi connectivity index (χ1n) is 10.5. The Balaban J connectivity index is 1.85. The fraction of sp³-hybridized carbons (Fsp3) is 0.952. The average molecular weight is 341 g/mol. The molecule has 0 N–H and O–H groups in total. The number of epoxide rings is 1. The lowest BCUT2D eigenvalue weighted by atomic mass is 10.0. The largest absolute Gasteiger partial charge is 0.461 e. The maximum Gasteiger partial charge on any atom is 0.341 e. The lowest BCUT2D eigenvalue weighted by molar-refractivity contribution is -0.154.